The SMILES string of the molecule is CC(=O)O[C@@H]1COCC[C@H]1Nc1ncc2c(F)cc(C3CCC(F)C3)n2n1. The highest BCUT2D eigenvalue weighted by molar-refractivity contribution is 5.66. The van der Waals surface area contributed by atoms with Gasteiger partial charge in [-0.15, -0.1) is 5.10 Å². The number of aromatic nitrogens is 3. The van der Waals surface area contributed by atoms with E-state index in [2.05, 4.69) is 15.4 Å². The second-order valence-corrected chi connectivity index (χ2v) is 7.17. The van der Waals surface area contributed by atoms with E-state index in [0.29, 0.717) is 50.5 Å². The van der Waals surface area contributed by atoms with Crippen LogP contribution < -0.4 is 5.32 Å². The molecule has 1 aliphatic heterocycles. The molecule has 1 saturated heterocycles. The topological polar surface area (TPSA) is 77.8 Å². The second-order valence-electron chi connectivity index (χ2n) is 7.17. The molecule has 9 heteroatoms. The van der Waals surface area contributed by atoms with Crippen molar-refractivity contribution in [2.75, 3.05) is 18.5 Å². The lowest BCUT2D eigenvalue weighted by Crippen LogP contribution is -2.44. The van der Waals surface area contributed by atoms with Gasteiger partial charge in [-0.2, -0.15) is 0 Å². The summed E-state index contributed by atoms with van der Waals surface area (Å²) in [6.07, 6.45) is 2.28. The zero-order valence-electron chi connectivity index (χ0n) is 15.0. The fourth-order valence-electron chi connectivity index (χ4n) is 3.90. The van der Waals surface area contributed by atoms with Gasteiger partial charge in [0.05, 0.1) is 18.8 Å². The highest BCUT2D eigenvalue weighted by Crippen LogP contribution is 2.37. The van der Waals surface area contributed by atoms with Crippen molar-refractivity contribution in [1.29, 1.82) is 0 Å². The van der Waals surface area contributed by atoms with Crippen LogP contribution in [0.5, 0.6) is 0 Å². The van der Waals surface area contributed by atoms with Crippen LogP contribution in [-0.2, 0) is 14.3 Å². The maximum atomic E-state index is 14.3. The maximum absolute atomic E-state index is 14.3. The zero-order valence-corrected chi connectivity index (χ0v) is 15.0. The van der Waals surface area contributed by atoms with E-state index in [1.165, 1.54) is 23.7 Å². The summed E-state index contributed by atoms with van der Waals surface area (Å²) in [6, 6.07) is 1.22. The Morgan fingerprint density at radius 2 is 2.26 bits per heavy atom. The number of nitrogens with zero attached hydrogens (tertiary/aromatic N) is 3. The number of esters is 1. The van der Waals surface area contributed by atoms with Crippen molar-refractivity contribution in [3.05, 3.63) is 23.8 Å². The Morgan fingerprint density at radius 3 is 3.00 bits per heavy atom. The van der Waals surface area contributed by atoms with Crippen LogP contribution in [0, 0.1) is 5.82 Å². The molecule has 27 heavy (non-hydrogen) atoms. The van der Waals surface area contributed by atoms with Gasteiger partial charge in [0.1, 0.15) is 17.8 Å². The van der Waals surface area contributed by atoms with Crippen molar-refractivity contribution >= 4 is 17.4 Å². The largest absolute Gasteiger partial charge is 0.458 e. The number of hydrogen-bond donors (Lipinski definition) is 1. The van der Waals surface area contributed by atoms with Crippen LogP contribution in [0.1, 0.15) is 44.2 Å². The first kappa shape index (κ1) is 18.1. The summed E-state index contributed by atoms with van der Waals surface area (Å²) in [5.41, 5.74) is 0.929. The molecular weight excluding hydrogens is 358 g/mol. The minimum Gasteiger partial charge on any atom is -0.458 e. The van der Waals surface area contributed by atoms with Gasteiger partial charge in [-0.3, -0.25) is 4.79 Å². The third-order valence-corrected chi connectivity index (χ3v) is 5.22. The molecule has 3 heterocycles. The molecule has 1 aliphatic carbocycles. The third-order valence-electron chi connectivity index (χ3n) is 5.22. The Bertz CT molecular complexity index is 843. The molecule has 0 bridgehead atoms. The van der Waals surface area contributed by atoms with Gasteiger partial charge in [-0.1, -0.05) is 0 Å². The van der Waals surface area contributed by atoms with E-state index in [4.69, 9.17) is 9.47 Å². The molecule has 146 valence electrons. The molecule has 0 radical (unpaired) electrons. The summed E-state index contributed by atoms with van der Waals surface area (Å²) >= 11 is 0. The van der Waals surface area contributed by atoms with Gasteiger partial charge in [-0.05, 0) is 31.7 Å². The molecule has 2 aromatic rings. The normalized spacial score (nSPS) is 28.4. The molecule has 0 amide bonds. The highest BCUT2D eigenvalue weighted by Gasteiger charge is 2.31. The van der Waals surface area contributed by atoms with Gasteiger partial charge in [0.25, 0.3) is 0 Å². The zero-order chi connectivity index (χ0) is 19.0. The number of carbonyl (C=O) groups is 1. The van der Waals surface area contributed by atoms with Gasteiger partial charge < -0.3 is 14.8 Å². The summed E-state index contributed by atoms with van der Waals surface area (Å²) in [5.74, 6) is -0.553. The summed E-state index contributed by atoms with van der Waals surface area (Å²) in [4.78, 5) is 15.5. The fraction of sp³-hybridized carbons (Fsp3) is 0.611. The first-order chi connectivity index (χ1) is 13.0. The number of carbonyl (C=O) groups excluding carboxylic acids is 1. The van der Waals surface area contributed by atoms with Crippen molar-refractivity contribution in [3.8, 4) is 0 Å². The van der Waals surface area contributed by atoms with Gasteiger partial charge >= 0.3 is 5.97 Å². The summed E-state index contributed by atoms with van der Waals surface area (Å²) in [6.45, 7) is 2.17. The minimum absolute atomic E-state index is 0.0587. The average molecular weight is 380 g/mol. The summed E-state index contributed by atoms with van der Waals surface area (Å²) in [5, 5.41) is 7.59. The Morgan fingerprint density at radius 1 is 1.41 bits per heavy atom. The standard InChI is InChI=1S/C18H22F2N4O3/c1-10(25)27-17-9-26-5-4-14(17)22-18-21-8-16-13(20)7-15(24(16)23-18)11-2-3-12(19)6-11/h7-8,11-12,14,17H,2-6,9H2,1H3,(H,22,23)/t11?,12?,14-,17-/m1/s1. The summed E-state index contributed by atoms with van der Waals surface area (Å²) in [7, 11) is 0. The van der Waals surface area contributed by atoms with Crippen LogP contribution in [-0.4, -0.2) is 52.1 Å². The number of fused-ring (bicyclic) bond motifs is 1. The lowest BCUT2D eigenvalue weighted by molar-refractivity contribution is -0.153. The van der Waals surface area contributed by atoms with E-state index in [0.717, 1.165) is 0 Å². The highest BCUT2D eigenvalue weighted by atomic mass is 19.1. The Hall–Kier alpha value is -2.29. The van der Waals surface area contributed by atoms with Crippen LogP contribution in [0.15, 0.2) is 12.3 Å². The average Bonchev–Trinajstić information content (AvgIpc) is 3.20. The smallest absolute Gasteiger partial charge is 0.303 e. The van der Waals surface area contributed by atoms with Crippen molar-refractivity contribution in [2.24, 2.45) is 0 Å². The van der Waals surface area contributed by atoms with Crippen LogP contribution in [0.2, 0.25) is 0 Å². The molecule has 2 unspecified atom stereocenters. The fourth-order valence-corrected chi connectivity index (χ4v) is 3.90. The van der Waals surface area contributed by atoms with Gasteiger partial charge in [0, 0.05) is 25.1 Å². The Balaban J connectivity index is 1.59. The predicted octanol–water partition coefficient (Wildman–Crippen LogP) is 2.61. The molecule has 1 saturated carbocycles. The number of ether oxygens (including phenoxy) is 2. The molecule has 2 fully saturated rings. The molecular formula is C18H22F2N4O3. The lowest BCUT2D eigenvalue weighted by Gasteiger charge is -2.31. The first-order valence-electron chi connectivity index (χ1n) is 9.21. The number of rotatable bonds is 4. The van der Waals surface area contributed by atoms with Crippen LogP contribution in [0.4, 0.5) is 14.7 Å². The van der Waals surface area contributed by atoms with Crippen molar-refractivity contribution in [2.45, 2.75) is 56.8 Å². The molecule has 0 aromatic carbocycles. The first-order valence-corrected chi connectivity index (χ1v) is 9.21. The predicted molar refractivity (Wildman–Crippen MR) is 92.8 cm³/mol. The molecule has 4 rings (SSSR count). The summed E-state index contributed by atoms with van der Waals surface area (Å²) < 4.78 is 40.0. The molecule has 1 N–H and O–H groups in total. The maximum Gasteiger partial charge on any atom is 0.303 e. The van der Waals surface area contributed by atoms with E-state index in [9.17, 15) is 13.6 Å². The number of anilines is 1. The molecule has 2 aromatic heterocycles. The van der Waals surface area contributed by atoms with Gasteiger partial charge in [-0.25, -0.2) is 18.3 Å². The van der Waals surface area contributed by atoms with Crippen LogP contribution in [0.3, 0.4) is 0 Å². The second kappa shape index (κ2) is 7.38. The van der Waals surface area contributed by atoms with E-state index in [1.54, 1.807) is 0 Å². The van der Waals surface area contributed by atoms with Crippen molar-refractivity contribution < 1.29 is 23.0 Å². The number of nitrogens with one attached hydrogen (secondary N) is 1. The van der Waals surface area contributed by atoms with E-state index in [-0.39, 0.29) is 23.4 Å². The van der Waals surface area contributed by atoms with Crippen molar-refractivity contribution in [3.63, 3.8) is 0 Å². The van der Waals surface area contributed by atoms with E-state index in [1.807, 2.05) is 0 Å². The lowest BCUT2D eigenvalue weighted by atomic mass is 10.0. The Labute approximate surface area is 155 Å². The van der Waals surface area contributed by atoms with E-state index >= 15 is 0 Å². The van der Waals surface area contributed by atoms with Gasteiger partial charge in [0.2, 0.25) is 5.95 Å². The van der Waals surface area contributed by atoms with Crippen LogP contribution in [0.25, 0.3) is 5.52 Å². The quantitative estimate of drug-likeness (QED) is 0.822. The van der Waals surface area contributed by atoms with Crippen molar-refractivity contribution in [1.82, 2.24) is 14.6 Å². The van der Waals surface area contributed by atoms with Crippen LogP contribution >= 0.6 is 0 Å². The monoisotopic (exact) mass is 380 g/mol. The minimum atomic E-state index is -0.852. The number of alkyl halides is 1. The molecule has 0 spiro atoms. The number of hydrogen-bond acceptors (Lipinski definition) is 6. The third kappa shape index (κ3) is 3.73. The van der Waals surface area contributed by atoms with Gasteiger partial charge in [0.15, 0.2) is 5.82 Å². The molecule has 7 nitrogen and oxygen atoms in total. The van der Waals surface area contributed by atoms with E-state index < -0.39 is 18.1 Å². The molecule has 4 atom stereocenters. The number of halogens is 2. The molecule has 2 aliphatic rings. The Kier molecular flexibility index (Phi) is 4.94.